The van der Waals surface area contributed by atoms with Crippen LogP contribution in [0.2, 0.25) is 5.02 Å². The number of phenolic OH excluding ortho intramolecular Hbond substituents is 1. The third-order valence-electron chi connectivity index (χ3n) is 3.74. The molecule has 0 aromatic heterocycles. The van der Waals surface area contributed by atoms with Crippen molar-refractivity contribution in [3.8, 4) is 5.75 Å². The molecule has 2 N–H and O–H groups in total. The van der Waals surface area contributed by atoms with Crippen LogP contribution in [0.25, 0.3) is 0 Å². The summed E-state index contributed by atoms with van der Waals surface area (Å²) < 4.78 is 0.431. The first-order valence-electron chi connectivity index (χ1n) is 6.38. The van der Waals surface area contributed by atoms with Crippen molar-refractivity contribution in [1.82, 2.24) is 5.32 Å². The number of benzene rings is 1. The van der Waals surface area contributed by atoms with Gasteiger partial charge in [0.15, 0.2) is 0 Å². The van der Waals surface area contributed by atoms with E-state index in [2.05, 4.69) is 11.6 Å². The van der Waals surface area contributed by atoms with E-state index in [0.29, 0.717) is 9.77 Å². The molecule has 1 fully saturated rings. The average Bonchev–Trinajstić information content (AvgIpc) is 2.83. The van der Waals surface area contributed by atoms with E-state index in [1.54, 1.807) is 6.07 Å². The lowest BCUT2D eigenvalue weighted by Gasteiger charge is -2.27. The maximum Gasteiger partial charge on any atom is 0.134 e. The summed E-state index contributed by atoms with van der Waals surface area (Å²) in [7, 11) is 0. The zero-order chi connectivity index (χ0) is 13.0. The van der Waals surface area contributed by atoms with Crippen molar-refractivity contribution >= 4 is 23.4 Å². The molecule has 0 saturated heterocycles. The van der Waals surface area contributed by atoms with E-state index in [-0.39, 0.29) is 5.75 Å². The molecule has 1 aromatic rings. The highest BCUT2D eigenvalue weighted by atomic mass is 35.5. The summed E-state index contributed by atoms with van der Waals surface area (Å²) in [6, 6.07) is 5.39. The lowest BCUT2D eigenvalue weighted by atomic mass is 10.1. The number of hydrogen-bond donors (Lipinski definition) is 2. The summed E-state index contributed by atoms with van der Waals surface area (Å²) in [6.45, 7) is 1.86. The van der Waals surface area contributed by atoms with Gasteiger partial charge < -0.3 is 10.4 Å². The fraction of sp³-hybridized carbons (Fsp3) is 0.571. The highest BCUT2D eigenvalue weighted by molar-refractivity contribution is 8.00. The number of nitrogens with one attached hydrogen (secondary N) is 1. The Hall–Kier alpha value is -0.380. The minimum atomic E-state index is 0.150. The number of hydrogen-bond acceptors (Lipinski definition) is 3. The van der Waals surface area contributed by atoms with Crippen molar-refractivity contribution in [3.63, 3.8) is 0 Å². The van der Waals surface area contributed by atoms with E-state index in [4.69, 9.17) is 11.6 Å². The average molecular weight is 286 g/mol. The van der Waals surface area contributed by atoms with Crippen molar-refractivity contribution in [2.24, 2.45) is 0 Å². The lowest BCUT2D eigenvalue weighted by Crippen LogP contribution is -2.34. The third-order valence-corrected chi connectivity index (χ3v) is 5.46. The van der Waals surface area contributed by atoms with E-state index >= 15 is 0 Å². The van der Waals surface area contributed by atoms with Gasteiger partial charge >= 0.3 is 0 Å². The Morgan fingerprint density at radius 2 is 2.11 bits per heavy atom. The predicted octanol–water partition coefficient (Wildman–Crippen LogP) is 3.81. The minimum absolute atomic E-state index is 0.150. The molecule has 0 atom stereocenters. The second-order valence-corrected chi connectivity index (χ2v) is 6.67. The van der Waals surface area contributed by atoms with Gasteiger partial charge in [-0.05, 0) is 36.8 Å². The Morgan fingerprint density at radius 1 is 1.39 bits per heavy atom. The number of halogens is 1. The Morgan fingerprint density at radius 3 is 2.72 bits per heavy atom. The maximum atomic E-state index is 9.37. The van der Waals surface area contributed by atoms with Crippen LogP contribution >= 0.6 is 23.4 Å². The monoisotopic (exact) mass is 285 g/mol. The zero-order valence-corrected chi connectivity index (χ0v) is 12.3. The van der Waals surface area contributed by atoms with Gasteiger partial charge in [-0.1, -0.05) is 30.5 Å². The molecular weight excluding hydrogens is 266 g/mol. The zero-order valence-electron chi connectivity index (χ0n) is 10.7. The van der Waals surface area contributed by atoms with Crippen LogP contribution < -0.4 is 5.32 Å². The first-order valence-corrected chi connectivity index (χ1v) is 7.99. The summed E-state index contributed by atoms with van der Waals surface area (Å²) in [4.78, 5) is 0. The van der Waals surface area contributed by atoms with Gasteiger partial charge in [0, 0.05) is 17.8 Å². The Kier molecular flexibility index (Phi) is 4.82. The second kappa shape index (κ2) is 6.18. The first kappa shape index (κ1) is 14.0. The Bertz CT molecular complexity index is 405. The van der Waals surface area contributed by atoms with Crippen LogP contribution in [-0.2, 0) is 6.54 Å². The van der Waals surface area contributed by atoms with Gasteiger partial charge in [-0.3, -0.25) is 0 Å². The fourth-order valence-corrected chi connectivity index (χ4v) is 3.71. The quantitative estimate of drug-likeness (QED) is 0.863. The molecule has 18 heavy (non-hydrogen) atoms. The van der Waals surface area contributed by atoms with Gasteiger partial charge in [0.05, 0.1) is 5.02 Å². The van der Waals surface area contributed by atoms with E-state index in [0.717, 1.165) is 18.7 Å². The standard InChI is InChI=1S/C14H20ClNOS/c1-18-14(6-2-3-7-14)10-16-9-11-4-5-13(17)12(15)8-11/h4-5,8,16-17H,2-3,6-7,9-10H2,1H3. The molecule has 0 amide bonds. The van der Waals surface area contributed by atoms with Crippen molar-refractivity contribution in [2.45, 2.75) is 37.0 Å². The number of aromatic hydroxyl groups is 1. The molecule has 0 heterocycles. The van der Waals surface area contributed by atoms with Gasteiger partial charge in [0.1, 0.15) is 5.75 Å². The third kappa shape index (κ3) is 3.34. The molecule has 1 aliphatic carbocycles. The molecule has 2 rings (SSSR count). The maximum absolute atomic E-state index is 9.37. The van der Waals surface area contributed by atoms with E-state index in [1.807, 2.05) is 23.9 Å². The molecule has 0 radical (unpaired) electrons. The van der Waals surface area contributed by atoms with Crippen LogP contribution in [0.5, 0.6) is 5.75 Å². The molecule has 0 aliphatic heterocycles. The molecule has 0 spiro atoms. The fourth-order valence-electron chi connectivity index (χ4n) is 2.57. The van der Waals surface area contributed by atoms with Crippen molar-refractivity contribution in [3.05, 3.63) is 28.8 Å². The largest absolute Gasteiger partial charge is 0.506 e. The smallest absolute Gasteiger partial charge is 0.134 e. The van der Waals surface area contributed by atoms with E-state index in [1.165, 1.54) is 25.7 Å². The SMILES string of the molecule is CSC1(CNCc2ccc(O)c(Cl)c2)CCCC1. The molecular formula is C14H20ClNOS. The molecule has 1 aliphatic rings. The van der Waals surface area contributed by atoms with Crippen LogP contribution in [0.1, 0.15) is 31.2 Å². The van der Waals surface area contributed by atoms with Crippen LogP contribution in [0, 0.1) is 0 Å². The highest BCUT2D eigenvalue weighted by Crippen LogP contribution is 2.39. The van der Waals surface area contributed by atoms with Gasteiger partial charge in [0.2, 0.25) is 0 Å². The second-order valence-electron chi connectivity index (χ2n) is 4.98. The molecule has 100 valence electrons. The predicted molar refractivity (Wildman–Crippen MR) is 79.5 cm³/mol. The molecule has 0 unspecified atom stereocenters. The molecule has 1 saturated carbocycles. The minimum Gasteiger partial charge on any atom is -0.506 e. The van der Waals surface area contributed by atoms with Gasteiger partial charge in [0.25, 0.3) is 0 Å². The van der Waals surface area contributed by atoms with Gasteiger partial charge in [-0.2, -0.15) is 11.8 Å². The topological polar surface area (TPSA) is 32.3 Å². The summed E-state index contributed by atoms with van der Waals surface area (Å²) in [5, 5.41) is 13.3. The van der Waals surface area contributed by atoms with Crippen molar-refractivity contribution < 1.29 is 5.11 Å². The van der Waals surface area contributed by atoms with Gasteiger partial charge in [-0.15, -0.1) is 0 Å². The molecule has 4 heteroatoms. The van der Waals surface area contributed by atoms with Crippen LogP contribution in [-0.4, -0.2) is 22.7 Å². The summed E-state index contributed by atoms with van der Waals surface area (Å²) in [5.74, 6) is 0.150. The number of rotatable bonds is 5. The van der Waals surface area contributed by atoms with Crippen molar-refractivity contribution in [2.75, 3.05) is 12.8 Å². The Labute approximate surface area is 118 Å². The van der Waals surface area contributed by atoms with Crippen molar-refractivity contribution in [1.29, 1.82) is 0 Å². The normalized spacial score (nSPS) is 18.1. The van der Waals surface area contributed by atoms with Crippen LogP contribution in [0.15, 0.2) is 18.2 Å². The first-order chi connectivity index (χ1) is 8.65. The lowest BCUT2D eigenvalue weighted by molar-refractivity contribution is 0.475. The Balaban J connectivity index is 1.86. The summed E-state index contributed by atoms with van der Waals surface area (Å²) in [6.07, 6.45) is 7.56. The summed E-state index contributed by atoms with van der Waals surface area (Å²) >= 11 is 7.88. The summed E-state index contributed by atoms with van der Waals surface area (Å²) in [5.41, 5.74) is 1.12. The number of phenols is 1. The highest BCUT2D eigenvalue weighted by Gasteiger charge is 2.32. The molecule has 0 bridgehead atoms. The molecule has 2 nitrogen and oxygen atoms in total. The van der Waals surface area contributed by atoms with Crippen LogP contribution in [0.3, 0.4) is 0 Å². The number of thioether (sulfide) groups is 1. The van der Waals surface area contributed by atoms with Gasteiger partial charge in [-0.25, -0.2) is 0 Å². The van der Waals surface area contributed by atoms with E-state index in [9.17, 15) is 5.11 Å². The van der Waals surface area contributed by atoms with Crippen LogP contribution in [0.4, 0.5) is 0 Å². The van der Waals surface area contributed by atoms with E-state index < -0.39 is 0 Å². The molecule has 1 aromatic carbocycles.